The lowest BCUT2D eigenvalue weighted by Gasteiger charge is -2.05. The van der Waals surface area contributed by atoms with Crippen LogP contribution in [-0.2, 0) is 6.54 Å². The number of nitrogens with zero attached hydrogens (tertiary/aromatic N) is 4. The third-order valence-electron chi connectivity index (χ3n) is 3.23. The van der Waals surface area contributed by atoms with Gasteiger partial charge in [-0.25, -0.2) is 4.98 Å². The average Bonchev–Trinajstić information content (AvgIpc) is 3.09. The van der Waals surface area contributed by atoms with E-state index in [1.807, 2.05) is 31.2 Å². The molecule has 22 heavy (non-hydrogen) atoms. The van der Waals surface area contributed by atoms with E-state index >= 15 is 0 Å². The van der Waals surface area contributed by atoms with Crippen molar-refractivity contribution in [2.24, 2.45) is 0 Å². The Morgan fingerprint density at radius 1 is 1.14 bits per heavy atom. The van der Waals surface area contributed by atoms with Crippen molar-refractivity contribution in [3.8, 4) is 5.82 Å². The van der Waals surface area contributed by atoms with Crippen molar-refractivity contribution >= 4 is 5.91 Å². The maximum atomic E-state index is 12.0. The summed E-state index contributed by atoms with van der Waals surface area (Å²) in [6.07, 6.45) is 5.05. The van der Waals surface area contributed by atoms with Crippen molar-refractivity contribution < 1.29 is 4.79 Å². The van der Waals surface area contributed by atoms with Gasteiger partial charge in [0, 0.05) is 18.9 Å². The van der Waals surface area contributed by atoms with E-state index in [1.165, 1.54) is 5.56 Å². The van der Waals surface area contributed by atoms with Gasteiger partial charge < -0.3 is 5.32 Å². The first kappa shape index (κ1) is 13.9. The second kappa shape index (κ2) is 6.17. The van der Waals surface area contributed by atoms with Gasteiger partial charge in [-0.05, 0) is 24.6 Å². The van der Waals surface area contributed by atoms with Gasteiger partial charge in [-0.2, -0.15) is 0 Å². The molecule has 0 atom stereocenters. The molecule has 0 aliphatic rings. The Labute approximate surface area is 127 Å². The molecule has 2 heterocycles. The first-order valence-electron chi connectivity index (χ1n) is 6.88. The average molecular weight is 293 g/mol. The number of carbonyl (C=O) groups is 1. The van der Waals surface area contributed by atoms with E-state index in [1.54, 1.807) is 35.4 Å². The summed E-state index contributed by atoms with van der Waals surface area (Å²) in [5, 5.41) is 10.8. The number of benzene rings is 1. The largest absolute Gasteiger partial charge is 0.347 e. The maximum absolute atomic E-state index is 12.0. The van der Waals surface area contributed by atoms with E-state index in [4.69, 9.17) is 0 Å². The van der Waals surface area contributed by atoms with Crippen LogP contribution >= 0.6 is 0 Å². The Morgan fingerprint density at radius 2 is 1.95 bits per heavy atom. The highest BCUT2D eigenvalue weighted by Crippen LogP contribution is 2.05. The number of hydrogen-bond acceptors (Lipinski definition) is 4. The Kier molecular flexibility index (Phi) is 3.91. The molecule has 0 bridgehead atoms. The van der Waals surface area contributed by atoms with Crippen LogP contribution in [0.1, 0.15) is 21.6 Å². The highest BCUT2D eigenvalue weighted by Gasteiger charge is 2.08. The van der Waals surface area contributed by atoms with Crippen molar-refractivity contribution in [2.75, 3.05) is 0 Å². The number of amides is 1. The lowest BCUT2D eigenvalue weighted by molar-refractivity contribution is 0.0945. The predicted molar refractivity (Wildman–Crippen MR) is 81.5 cm³/mol. The zero-order valence-electron chi connectivity index (χ0n) is 12.1. The highest BCUT2D eigenvalue weighted by molar-refractivity contribution is 5.92. The fraction of sp³-hybridized carbons (Fsp3) is 0.125. The fourth-order valence-electron chi connectivity index (χ4n) is 1.96. The van der Waals surface area contributed by atoms with Crippen LogP contribution in [0.2, 0.25) is 0 Å². The SMILES string of the molecule is Cc1ccc(CNC(=O)c2ccc(-n3ccnc3)nn2)cc1. The molecule has 2 aromatic heterocycles. The molecule has 0 spiro atoms. The number of imidazole rings is 1. The third kappa shape index (κ3) is 3.17. The topological polar surface area (TPSA) is 72.7 Å². The van der Waals surface area contributed by atoms with E-state index < -0.39 is 0 Å². The number of hydrogen-bond donors (Lipinski definition) is 1. The molecule has 3 aromatic rings. The Balaban J connectivity index is 1.63. The number of nitrogens with one attached hydrogen (secondary N) is 1. The molecule has 0 aliphatic carbocycles. The van der Waals surface area contributed by atoms with E-state index in [-0.39, 0.29) is 11.6 Å². The summed E-state index contributed by atoms with van der Waals surface area (Å²) >= 11 is 0. The lowest BCUT2D eigenvalue weighted by atomic mass is 10.1. The molecule has 1 N–H and O–H groups in total. The Hall–Kier alpha value is -3.02. The molecule has 6 heteroatoms. The maximum Gasteiger partial charge on any atom is 0.272 e. The molecule has 0 unspecified atom stereocenters. The molecule has 0 saturated carbocycles. The van der Waals surface area contributed by atoms with Gasteiger partial charge in [-0.3, -0.25) is 9.36 Å². The van der Waals surface area contributed by atoms with Crippen LogP contribution in [0.15, 0.2) is 55.1 Å². The fourth-order valence-corrected chi connectivity index (χ4v) is 1.96. The van der Waals surface area contributed by atoms with Gasteiger partial charge >= 0.3 is 0 Å². The van der Waals surface area contributed by atoms with Gasteiger partial charge in [0.2, 0.25) is 0 Å². The Morgan fingerprint density at radius 3 is 2.59 bits per heavy atom. The van der Waals surface area contributed by atoms with Crippen molar-refractivity contribution in [1.29, 1.82) is 0 Å². The van der Waals surface area contributed by atoms with Gasteiger partial charge in [-0.1, -0.05) is 29.8 Å². The van der Waals surface area contributed by atoms with Gasteiger partial charge in [-0.15, -0.1) is 10.2 Å². The van der Waals surface area contributed by atoms with Crippen LogP contribution in [0.25, 0.3) is 5.82 Å². The van der Waals surface area contributed by atoms with Gasteiger partial charge in [0.1, 0.15) is 6.33 Å². The summed E-state index contributed by atoms with van der Waals surface area (Å²) in [6, 6.07) is 11.4. The zero-order chi connectivity index (χ0) is 15.4. The number of aromatic nitrogens is 4. The van der Waals surface area contributed by atoms with Crippen LogP contribution in [0.4, 0.5) is 0 Å². The summed E-state index contributed by atoms with van der Waals surface area (Å²) in [7, 11) is 0. The van der Waals surface area contributed by atoms with E-state index in [0.29, 0.717) is 12.4 Å². The van der Waals surface area contributed by atoms with Crippen LogP contribution in [0, 0.1) is 6.92 Å². The van der Waals surface area contributed by atoms with Crippen molar-refractivity contribution in [3.63, 3.8) is 0 Å². The van der Waals surface area contributed by atoms with Crippen LogP contribution in [0.3, 0.4) is 0 Å². The molecule has 1 aromatic carbocycles. The van der Waals surface area contributed by atoms with Gasteiger partial charge in [0.25, 0.3) is 5.91 Å². The molecule has 0 fully saturated rings. The second-order valence-corrected chi connectivity index (χ2v) is 4.92. The third-order valence-corrected chi connectivity index (χ3v) is 3.23. The normalized spacial score (nSPS) is 10.4. The molecule has 0 aliphatic heterocycles. The van der Waals surface area contributed by atoms with Crippen molar-refractivity contribution in [2.45, 2.75) is 13.5 Å². The summed E-state index contributed by atoms with van der Waals surface area (Å²) in [5.74, 6) is 0.373. The summed E-state index contributed by atoms with van der Waals surface area (Å²) in [5.41, 5.74) is 2.52. The molecule has 110 valence electrons. The van der Waals surface area contributed by atoms with Crippen LogP contribution in [0.5, 0.6) is 0 Å². The first-order chi connectivity index (χ1) is 10.7. The van der Waals surface area contributed by atoms with E-state index in [2.05, 4.69) is 20.5 Å². The Bertz CT molecular complexity index is 748. The highest BCUT2D eigenvalue weighted by atomic mass is 16.1. The minimum absolute atomic E-state index is 0.245. The predicted octanol–water partition coefficient (Wildman–Crippen LogP) is 1.90. The minimum atomic E-state index is -0.245. The smallest absolute Gasteiger partial charge is 0.272 e. The zero-order valence-corrected chi connectivity index (χ0v) is 12.1. The summed E-state index contributed by atoms with van der Waals surface area (Å²) in [6.45, 7) is 2.49. The summed E-state index contributed by atoms with van der Waals surface area (Å²) in [4.78, 5) is 16.0. The minimum Gasteiger partial charge on any atom is -0.347 e. The number of carbonyl (C=O) groups excluding carboxylic acids is 1. The quantitative estimate of drug-likeness (QED) is 0.797. The second-order valence-electron chi connectivity index (χ2n) is 4.92. The number of rotatable bonds is 4. The lowest BCUT2D eigenvalue weighted by Crippen LogP contribution is -2.24. The van der Waals surface area contributed by atoms with Crippen LogP contribution < -0.4 is 5.32 Å². The van der Waals surface area contributed by atoms with Gasteiger partial charge in [0.05, 0.1) is 0 Å². The molecular weight excluding hydrogens is 278 g/mol. The molecule has 0 saturated heterocycles. The molecule has 3 rings (SSSR count). The van der Waals surface area contributed by atoms with Crippen molar-refractivity contribution in [3.05, 3.63) is 71.9 Å². The van der Waals surface area contributed by atoms with Gasteiger partial charge in [0.15, 0.2) is 11.5 Å². The summed E-state index contributed by atoms with van der Waals surface area (Å²) < 4.78 is 1.72. The molecule has 0 radical (unpaired) electrons. The monoisotopic (exact) mass is 293 g/mol. The first-order valence-corrected chi connectivity index (χ1v) is 6.88. The molecule has 6 nitrogen and oxygen atoms in total. The standard InChI is InChI=1S/C16H15N5O/c1-12-2-4-13(5-3-12)10-18-16(22)14-6-7-15(20-19-14)21-9-8-17-11-21/h2-9,11H,10H2,1H3,(H,18,22). The van der Waals surface area contributed by atoms with Crippen LogP contribution in [-0.4, -0.2) is 25.7 Å². The number of aryl methyl sites for hydroxylation is 1. The van der Waals surface area contributed by atoms with Crippen molar-refractivity contribution in [1.82, 2.24) is 25.1 Å². The molecular formula is C16H15N5O. The van der Waals surface area contributed by atoms with E-state index in [0.717, 1.165) is 5.56 Å². The van der Waals surface area contributed by atoms with E-state index in [9.17, 15) is 4.79 Å². The molecule has 1 amide bonds.